The molecule has 1 N–H and O–H groups in total. The van der Waals surface area contributed by atoms with Gasteiger partial charge in [0.2, 0.25) is 5.91 Å². The molecule has 0 unspecified atom stereocenters. The van der Waals surface area contributed by atoms with Crippen LogP contribution in [0.25, 0.3) is 10.7 Å². The smallest absolute Gasteiger partial charge is 0.226 e. The van der Waals surface area contributed by atoms with E-state index in [1.807, 2.05) is 37.4 Å². The second kappa shape index (κ2) is 6.97. The van der Waals surface area contributed by atoms with Gasteiger partial charge in [-0.2, -0.15) is 0 Å². The number of thiazole rings is 2. The molecule has 0 atom stereocenters. The number of hydrogen-bond donors (Lipinski definition) is 1. The Balaban J connectivity index is 1.56. The largest absolute Gasteiger partial charge is 0.302 e. The monoisotopic (exact) mass is 344 g/mol. The average Bonchev–Trinajstić information content (AvgIpc) is 3.13. The molecule has 5 nitrogen and oxygen atoms in total. The van der Waals surface area contributed by atoms with Gasteiger partial charge in [0.1, 0.15) is 5.01 Å². The first-order chi connectivity index (χ1) is 11.1. The van der Waals surface area contributed by atoms with Crippen LogP contribution < -0.4 is 5.32 Å². The summed E-state index contributed by atoms with van der Waals surface area (Å²) in [5.74, 6) is -0.0360. The number of aromatic nitrogens is 3. The number of nitrogens with zero attached hydrogens (tertiary/aromatic N) is 3. The minimum absolute atomic E-state index is 0.0360. The van der Waals surface area contributed by atoms with Crippen molar-refractivity contribution in [2.45, 2.75) is 26.7 Å². The van der Waals surface area contributed by atoms with Crippen LogP contribution >= 0.6 is 22.7 Å². The van der Waals surface area contributed by atoms with Gasteiger partial charge in [0, 0.05) is 22.9 Å². The van der Waals surface area contributed by atoms with Crippen LogP contribution in [0.5, 0.6) is 0 Å². The number of carbonyl (C=O) groups is 1. The van der Waals surface area contributed by atoms with Crippen LogP contribution in [0, 0.1) is 13.8 Å². The number of pyridine rings is 1. The molecular formula is C16H16N4OS2. The molecule has 3 heterocycles. The van der Waals surface area contributed by atoms with Crippen LogP contribution in [0.4, 0.5) is 5.13 Å². The summed E-state index contributed by atoms with van der Waals surface area (Å²) >= 11 is 3.05. The van der Waals surface area contributed by atoms with E-state index in [9.17, 15) is 4.79 Å². The number of carbonyl (C=O) groups excluding carboxylic acids is 1. The first-order valence-electron chi connectivity index (χ1n) is 7.21. The zero-order valence-electron chi connectivity index (χ0n) is 12.9. The van der Waals surface area contributed by atoms with Crippen molar-refractivity contribution in [3.8, 4) is 10.7 Å². The van der Waals surface area contributed by atoms with Gasteiger partial charge in [0.15, 0.2) is 5.13 Å². The van der Waals surface area contributed by atoms with E-state index in [0.717, 1.165) is 27.0 Å². The van der Waals surface area contributed by atoms with Crippen LogP contribution in [0.15, 0.2) is 29.8 Å². The summed E-state index contributed by atoms with van der Waals surface area (Å²) in [4.78, 5) is 26.3. The number of rotatable bonds is 5. The fraction of sp³-hybridized carbons (Fsp3) is 0.250. The second-order valence-electron chi connectivity index (χ2n) is 5.07. The fourth-order valence-corrected chi connectivity index (χ4v) is 3.64. The Bertz CT molecular complexity index is 791. The van der Waals surface area contributed by atoms with Gasteiger partial charge in [-0.25, -0.2) is 9.97 Å². The van der Waals surface area contributed by atoms with Gasteiger partial charge in [-0.15, -0.1) is 22.7 Å². The molecule has 118 valence electrons. The lowest BCUT2D eigenvalue weighted by molar-refractivity contribution is -0.116. The van der Waals surface area contributed by atoms with E-state index in [0.29, 0.717) is 18.0 Å². The summed E-state index contributed by atoms with van der Waals surface area (Å²) in [6.07, 6.45) is 2.75. The van der Waals surface area contributed by atoms with Gasteiger partial charge >= 0.3 is 0 Å². The minimum Gasteiger partial charge on any atom is -0.302 e. The van der Waals surface area contributed by atoms with Crippen molar-refractivity contribution < 1.29 is 4.79 Å². The molecule has 0 aliphatic heterocycles. The van der Waals surface area contributed by atoms with E-state index in [1.54, 1.807) is 17.5 Å². The predicted molar refractivity (Wildman–Crippen MR) is 93.9 cm³/mol. The number of hydrogen-bond acceptors (Lipinski definition) is 6. The SMILES string of the molecule is Cc1nc(NC(=O)CCc2csc(-c3ccccn3)n2)sc1C. The van der Waals surface area contributed by atoms with E-state index in [1.165, 1.54) is 11.3 Å². The molecule has 3 aromatic rings. The Morgan fingerprint density at radius 3 is 2.83 bits per heavy atom. The Hall–Kier alpha value is -2.12. The van der Waals surface area contributed by atoms with Crippen LogP contribution in [0.3, 0.4) is 0 Å². The molecule has 0 aliphatic rings. The van der Waals surface area contributed by atoms with E-state index in [4.69, 9.17) is 0 Å². The molecule has 1 amide bonds. The third-order valence-corrected chi connectivity index (χ3v) is 5.22. The highest BCUT2D eigenvalue weighted by Gasteiger charge is 2.10. The summed E-state index contributed by atoms with van der Waals surface area (Å²) in [7, 11) is 0. The van der Waals surface area contributed by atoms with Crippen molar-refractivity contribution in [3.05, 3.63) is 46.0 Å². The molecule has 7 heteroatoms. The molecule has 3 rings (SSSR count). The molecule has 0 bridgehead atoms. The van der Waals surface area contributed by atoms with E-state index < -0.39 is 0 Å². The van der Waals surface area contributed by atoms with Crippen molar-refractivity contribution in [2.24, 2.45) is 0 Å². The molecule has 3 aromatic heterocycles. The molecule has 0 aromatic carbocycles. The fourth-order valence-electron chi connectivity index (χ4n) is 1.98. The lowest BCUT2D eigenvalue weighted by Gasteiger charge is -2.00. The Labute approximate surface area is 142 Å². The molecule has 0 radical (unpaired) electrons. The molecular weight excluding hydrogens is 328 g/mol. The van der Waals surface area contributed by atoms with Crippen molar-refractivity contribution >= 4 is 33.7 Å². The summed E-state index contributed by atoms with van der Waals surface area (Å²) < 4.78 is 0. The topological polar surface area (TPSA) is 67.8 Å². The molecule has 0 fully saturated rings. The highest BCUT2D eigenvalue weighted by molar-refractivity contribution is 7.15. The number of aryl methyl sites for hydroxylation is 3. The van der Waals surface area contributed by atoms with E-state index in [2.05, 4.69) is 20.3 Å². The Kier molecular flexibility index (Phi) is 4.78. The van der Waals surface area contributed by atoms with Gasteiger partial charge in [0.25, 0.3) is 0 Å². The maximum Gasteiger partial charge on any atom is 0.226 e. The highest BCUT2D eigenvalue weighted by Crippen LogP contribution is 2.23. The van der Waals surface area contributed by atoms with Crippen molar-refractivity contribution in [1.82, 2.24) is 15.0 Å². The first kappa shape index (κ1) is 15.8. The van der Waals surface area contributed by atoms with Crippen molar-refractivity contribution in [2.75, 3.05) is 5.32 Å². The Morgan fingerprint density at radius 2 is 2.13 bits per heavy atom. The van der Waals surface area contributed by atoms with Gasteiger partial charge in [-0.3, -0.25) is 9.78 Å². The van der Waals surface area contributed by atoms with E-state index >= 15 is 0 Å². The lowest BCUT2D eigenvalue weighted by Crippen LogP contribution is -2.12. The maximum atomic E-state index is 12.0. The van der Waals surface area contributed by atoms with Crippen molar-refractivity contribution in [1.29, 1.82) is 0 Å². The van der Waals surface area contributed by atoms with Crippen LogP contribution in [-0.2, 0) is 11.2 Å². The van der Waals surface area contributed by atoms with Gasteiger partial charge in [-0.05, 0) is 32.4 Å². The minimum atomic E-state index is -0.0360. The van der Waals surface area contributed by atoms with Crippen LogP contribution in [0.1, 0.15) is 22.7 Å². The van der Waals surface area contributed by atoms with Gasteiger partial charge < -0.3 is 5.32 Å². The third-order valence-electron chi connectivity index (χ3n) is 3.32. The van der Waals surface area contributed by atoms with Crippen LogP contribution in [-0.4, -0.2) is 20.9 Å². The highest BCUT2D eigenvalue weighted by atomic mass is 32.1. The summed E-state index contributed by atoms with van der Waals surface area (Å²) in [5.41, 5.74) is 2.74. The standard InChI is InChI=1S/C16H16N4OS2/c1-10-11(2)23-16(18-10)20-14(21)7-6-12-9-22-15(19-12)13-5-3-4-8-17-13/h3-5,8-9H,6-7H2,1-2H3,(H,18,20,21). The first-order valence-corrected chi connectivity index (χ1v) is 8.91. The number of nitrogens with one attached hydrogen (secondary N) is 1. The molecule has 0 spiro atoms. The quantitative estimate of drug-likeness (QED) is 0.763. The number of amides is 1. The third kappa shape index (κ3) is 4.00. The molecule has 23 heavy (non-hydrogen) atoms. The molecule has 0 aliphatic carbocycles. The average molecular weight is 344 g/mol. The predicted octanol–water partition coefficient (Wildman–Crippen LogP) is 3.85. The maximum absolute atomic E-state index is 12.0. The zero-order chi connectivity index (χ0) is 16.2. The number of anilines is 1. The normalized spacial score (nSPS) is 10.7. The summed E-state index contributed by atoms with van der Waals surface area (Å²) in [6, 6.07) is 5.75. The van der Waals surface area contributed by atoms with Gasteiger partial charge in [-0.1, -0.05) is 6.07 Å². The van der Waals surface area contributed by atoms with Crippen molar-refractivity contribution in [3.63, 3.8) is 0 Å². The Morgan fingerprint density at radius 1 is 1.26 bits per heavy atom. The summed E-state index contributed by atoms with van der Waals surface area (Å²) in [5, 5.41) is 6.37. The van der Waals surface area contributed by atoms with E-state index in [-0.39, 0.29) is 5.91 Å². The van der Waals surface area contributed by atoms with Gasteiger partial charge in [0.05, 0.1) is 17.1 Å². The van der Waals surface area contributed by atoms with Crippen LogP contribution in [0.2, 0.25) is 0 Å². The molecule has 0 saturated carbocycles. The second-order valence-corrected chi connectivity index (χ2v) is 7.13. The zero-order valence-corrected chi connectivity index (χ0v) is 14.5. The molecule has 0 saturated heterocycles. The summed E-state index contributed by atoms with van der Waals surface area (Å²) in [6.45, 7) is 3.94. The lowest BCUT2D eigenvalue weighted by atomic mass is 10.2.